The second kappa shape index (κ2) is 6.73. The highest BCUT2D eigenvalue weighted by molar-refractivity contribution is 5.85. The quantitative estimate of drug-likeness (QED) is 0.822. The van der Waals surface area contributed by atoms with Gasteiger partial charge in [0.1, 0.15) is 0 Å². The molecule has 0 saturated heterocycles. The molecule has 21 heavy (non-hydrogen) atoms. The van der Waals surface area contributed by atoms with Gasteiger partial charge in [0, 0.05) is 24.7 Å². The van der Waals surface area contributed by atoms with E-state index in [-0.39, 0.29) is 37.0 Å². The third-order valence-corrected chi connectivity index (χ3v) is 3.03. The van der Waals surface area contributed by atoms with E-state index in [2.05, 4.69) is 10.4 Å². The van der Waals surface area contributed by atoms with Crippen molar-refractivity contribution in [3.05, 3.63) is 34.9 Å². The minimum Gasteiger partial charge on any atom is -0.350 e. The first kappa shape index (κ1) is 17.2. The first-order valence-corrected chi connectivity index (χ1v) is 6.48. The number of halogens is 1. The predicted molar refractivity (Wildman–Crippen MR) is 82.6 cm³/mol. The molecule has 0 aliphatic rings. The Kier molecular flexibility index (Phi) is 5.51. The summed E-state index contributed by atoms with van der Waals surface area (Å²) in [5.41, 5.74) is 5.43. The fraction of sp³-hybridized carbons (Fsp3) is 0.462. The lowest BCUT2D eigenvalue weighted by Crippen LogP contribution is -2.49. The smallest absolute Gasteiger partial charge is 0.350 e. The lowest BCUT2D eigenvalue weighted by atomic mass is 10.1. The molecule has 7 nitrogen and oxygen atoms in total. The number of fused-ring (bicyclic) bond motifs is 1. The van der Waals surface area contributed by atoms with Gasteiger partial charge in [-0.15, -0.1) is 17.5 Å². The van der Waals surface area contributed by atoms with Crippen molar-refractivity contribution < 1.29 is 4.79 Å². The van der Waals surface area contributed by atoms with Gasteiger partial charge in [-0.25, -0.2) is 9.48 Å². The van der Waals surface area contributed by atoms with Crippen molar-refractivity contribution in [3.8, 4) is 0 Å². The molecule has 2 aromatic heterocycles. The van der Waals surface area contributed by atoms with Gasteiger partial charge in [0.2, 0.25) is 5.91 Å². The zero-order valence-electron chi connectivity index (χ0n) is 12.1. The Morgan fingerprint density at radius 3 is 2.76 bits per heavy atom. The van der Waals surface area contributed by atoms with Crippen molar-refractivity contribution in [2.24, 2.45) is 5.73 Å². The molecule has 0 aromatic carbocycles. The van der Waals surface area contributed by atoms with Gasteiger partial charge in [0.05, 0.1) is 6.54 Å². The van der Waals surface area contributed by atoms with E-state index in [0.717, 1.165) is 0 Å². The number of amides is 1. The number of nitrogens with zero attached hydrogens (tertiary/aromatic N) is 3. The number of hydrogen-bond acceptors (Lipinski definition) is 4. The van der Waals surface area contributed by atoms with Gasteiger partial charge in [-0.05, 0) is 26.0 Å². The van der Waals surface area contributed by atoms with Crippen LogP contribution in [0.1, 0.15) is 20.3 Å². The van der Waals surface area contributed by atoms with E-state index >= 15 is 0 Å². The average Bonchev–Trinajstić information content (AvgIpc) is 2.73. The Hall–Kier alpha value is -1.86. The first-order valence-electron chi connectivity index (χ1n) is 6.48. The second-order valence-corrected chi connectivity index (χ2v) is 5.32. The van der Waals surface area contributed by atoms with E-state index in [1.165, 1.54) is 9.08 Å². The number of nitrogens with two attached hydrogens (primary N) is 1. The molecule has 0 aliphatic carbocycles. The number of nitrogens with one attached hydrogen (secondary N) is 1. The van der Waals surface area contributed by atoms with Gasteiger partial charge < -0.3 is 11.1 Å². The zero-order valence-corrected chi connectivity index (χ0v) is 12.9. The van der Waals surface area contributed by atoms with Crippen molar-refractivity contribution in [3.63, 3.8) is 0 Å². The lowest BCUT2D eigenvalue weighted by molar-refractivity contribution is -0.122. The molecule has 0 spiro atoms. The molecular weight excluding hydrogens is 294 g/mol. The fourth-order valence-corrected chi connectivity index (χ4v) is 1.81. The summed E-state index contributed by atoms with van der Waals surface area (Å²) >= 11 is 0. The van der Waals surface area contributed by atoms with Crippen LogP contribution >= 0.6 is 12.4 Å². The summed E-state index contributed by atoms with van der Waals surface area (Å²) in [4.78, 5) is 23.8. The van der Waals surface area contributed by atoms with E-state index in [1.807, 2.05) is 19.9 Å². The lowest BCUT2D eigenvalue weighted by Gasteiger charge is -2.24. The maximum Gasteiger partial charge on any atom is 0.350 e. The number of rotatable bonds is 5. The maximum atomic E-state index is 12.0. The highest BCUT2D eigenvalue weighted by atomic mass is 35.5. The van der Waals surface area contributed by atoms with Gasteiger partial charge in [0.25, 0.3) is 0 Å². The van der Waals surface area contributed by atoms with Crippen molar-refractivity contribution in [2.45, 2.75) is 32.4 Å². The van der Waals surface area contributed by atoms with Crippen LogP contribution in [-0.4, -0.2) is 32.2 Å². The Morgan fingerprint density at radius 2 is 2.14 bits per heavy atom. The molecule has 0 aliphatic heterocycles. The number of aryl methyl sites for hydroxylation is 1. The van der Waals surface area contributed by atoms with Gasteiger partial charge in [-0.1, -0.05) is 6.07 Å². The van der Waals surface area contributed by atoms with E-state index in [9.17, 15) is 9.59 Å². The largest absolute Gasteiger partial charge is 0.350 e. The van der Waals surface area contributed by atoms with Crippen LogP contribution < -0.4 is 16.7 Å². The molecule has 0 unspecified atom stereocenters. The highest BCUT2D eigenvalue weighted by Crippen LogP contribution is 2.00. The van der Waals surface area contributed by atoms with Gasteiger partial charge in [0.15, 0.2) is 5.65 Å². The number of carbonyl (C=O) groups is 1. The normalized spacial score (nSPS) is 11.2. The summed E-state index contributed by atoms with van der Waals surface area (Å²) < 4.78 is 2.74. The Bertz CT molecular complexity index is 676. The zero-order chi connectivity index (χ0) is 14.8. The van der Waals surface area contributed by atoms with Crippen LogP contribution in [0.25, 0.3) is 5.65 Å². The van der Waals surface area contributed by atoms with Crippen LogP contribution in [0.5, 0.6) is 0 Å². The molecule has 0 fully saturated rings. The predicted octanol–water partition coefficient (Wildman–Crippen LogP) is 0.161. The molecule has 3 N–H and O–H groups in total. The summed E-state index contributed by atoms with van der Waals surface area (Å²) in [6.45, 7) is 4.30. The van der Waals surface area contributed by atoms with Gasteiger partial charge in [-0.2, -0.15) is 0 Å². The molecule has 2 rings (SSSR count). The molecule has 0 atom stereocenters. The second-order valence-electron chi connectivity index (χ2n) is 5.32. The number of hydrogen-bond donors (Lipinski definition) is 2. The van der Waals surface area contributed by atoms with Crippen molar-refractivity contribution in [1.29, 1.82) is 0 Å². The molecule has 0 radical (unpaired) electrons. The molecule has 0 saturated carbocycles. The SMILES string of the molecule is CC(C)(CN)NC(=O)CCn1nc2ccccn2c1=O.Cl. The average molecular weight is 314 g/mol. The standard InChI is InChI=1S/C13H19N5O2.ClH/c1-13(2,9-14)15-11(19)6-8-18-12(20)17-7-4-3-5-10(17)16-18;/h3-5,7H,6,8-9,14H2,1-2H3,(H,15,19);1H. The fourth-order valence-electron chi connectivity index (χ4n) is 1.81. The van der Waals surface area contributed by atoms with E-state index in [4.69, 9.17) is 5.73 Å². The highest BCUT2D eigenvalue weighted by Gasteiger charge is 2.18. The number of carbonyl (C=O) groups excluding carboxylic acids is 1. The minimum absolute atomic E-state index is 0. The number of aromatic nitrogens is 3. The third-order valence-electron chi connectivity index (χ3n) is 3.03. The number of pyridine rings is 1. The molecular formula is C13H20ClN5O2. The van der Waals surface area contributed by atoms with Crippen LogP contribution in [0.3, 0.4) is 0 Å². The molecule has 2 aromatic rings. The first-order chi connectivity index (χ1) is 9.43. The van der Waals surface area contributed by atoms with Crippen LogP contribution in [0.2, 0.25) is 0 Å². The summed E-state index contributed by atoms with van der Waals surface area (Å²) in [7, 11) is 0. The Morgan fingerprint density at radius 1 is 1.43 bits per heavy atom. The van der Waals surface area contributed by atoms with Crippen molar-refractivity contribution in [2.75, 3.05) is 6.54 Å². The van der Waals surface area contributed by atoms with E-state index in [0.29, 0.717) is 12.2 Å². The molecule has 116 valence electrons. The van der Waals surface area contributed by atoms with Gasteiger partial charge in [-0.3, -0.25) is 9.20 Å². The molecule has 2 heterocycles. The topological polar surface area (TPSA) is 94.4 Å². The molecule has 1 amide bonds. The van der Waals surface area contributed by atoms with Gasteiger partial charge >= 0.3 is 5.69 Å². The summed E-state index contributed by atoms with van der Waals surface area (Å²) in [6.07, 6.45) is 1.84. The van der Waals surface area contributed by atoms with Crippen LogP contribution in [0.4, 0.5) is 0 Å². The molecule has 8 heteroatoms. The Labute approximate surface area is 128 Å². The van der Waals surface area contributed by atoms with Crippen LogP contribution in [-0.2, 0) is 11.3 Å². The van der Waals surface area contributed by atoms with E-state index < -0.39 is 5.54 Å². The van der Waals surface area contributed by atoms with Crippen molar-refractivity contribution >= 4 is 24.0 Å². The minimum atomic E-state index is -0.443. The summed E-state index contributed by atoms with van der Waals surface area (Å²) in [5.74, 6) is -0.149. The van der Waals surface area contributed by atoms with Crippen molar-refractivity contribution in [1.82, 2.24) is 19.5 Å². The van der Waals surface area contributed by atoms with Crippen LogP contribution in [0.15, 0.2) is 29.2 Å². The third kappa shape index (κ3) is 4.05. The van der Waals surface area contributed by atoms with E-state index in [1.54, 1.807) is 18.3 Å². The monoisotopic (exact) mass is 313 g/mol. The Balaban J connectivity index is 0.00000220. The maximum absolute atomic E-state index is 12.0. The molecule has 0 bridgehead atoms. The summed E-state index contributed by atoms with van der Waals surface area (Å²) in [5, 5.41) is 6.98. The summed E-state index contributed by atoms with van der Waals surface area (Å²) in [6, 6.07) is 5.31. The van der Waals surface area contributed by atoms with Crippen LogP contribution in [0, 0.1) is 0 Å².